The molecule has 2 fully saturated rings. The molecular weight excluding hydrogens is 476 g/mol. The van der Waals surface area contributed by atoms with Gasteiger partial charge in [0.1, 0.15) is 48.8 Å². The number of unbranched alkanes of at least 4 members (excludes halogenated alkanes) is 6. The van der Waals surface area contributed by atoms with Crippen molar-refractivity contribution in [1.29, 1.82) is 0 Å². The molecule has 214 valence electrons. The van der Waals surface area contributed by atoms with Crippen molar-refractivity contribution in [2.24, 2.45) is 0 Å². The van der Waals surface area contributed by atoms with Crippen molar-refractivity contribution >= 4 is 0 Å². The van der Waals surface area contributed by atoms with Crippen LogP contribution in [-0.4, -0.2) is 116 Å². The third-order valence-corrected chi connectivity index (χ3v) is 7.05. The second-order valence-electron chi connectivity index (χ2n) is 9.96. The molecule has 0 bridgehead atoms. The first-order valence-electron chi connectivity index (χ1n) is 13.5. The van der Waals surface area contributed by atoms with E-state index in [2.05, 4.69) is 13.8 Å². The summed E-state index contributed by atoms with van der Waals surface area (Å²) in [6, 6.07) is 0. The van der Waals surface area contributed by atoms with Crippen LogP contribution in [0.4, 0.5) is 0 Å². The highest BCUT2D eigenvalue weighted by Crippen LogP contribution is 2.31. The normalized spacial score (nSPS) is 37.5. The highest BCUT2D eigenvalue weighted by molar-refractivity contribution is 4.94. The van der Waals surface area contributed by atoms with Gasteiger partial charge in [-0.25, -0.2) is 0 Å². The van der Waals surface area contributed by atoms with Gasteiger partial charge < -0.3 is 54.7 Å². The topological polar surface area (TPSA) is 179 Å². The van der Waals surface area contributed by atoms with Gasteiger partial charge in [-0.1, -0.05) is 65.2 Å². The molecule has 2 aliphatic rings. The average Bonchev–Trinajstić information content (AvgIpc) is 2.88. The van der Waals surface area contributed by atoms with Crippen molar-refractivity contribution in [1.82, 2.24) is 0 Å². The van der Waals surface area contributed by atoms with E-state index < -0.39 is 74.6 Å². The highest BCUT2D eigenvalue weighted by atomic mass is 16.7. The van der Waals surface area contributed by atoms with Crippen LogP contribution in [-0.2, 0) is 18.9 Å². The van der Waals surface area contributed by atoms with E-state index >= 15 is 0 Å². The van der Waals surface area contributed by atoms with Gasteiger partial charge in [-0.3, -0.25) is 0 Å². The Balaban J connectivity index is 2.03. The van der Waals surface area contributed by atoms with Gasteiger partial charge in [0.25, 0.3) is 0 Å². The maximum atomic E-state index is 10.8. The lowest BCUT2D eigenvalue weighted by Gasteiger charge is -2.46. The third kappa shape index (κ3) is 8.81. The fraction of sp³-hybridized carbons (Fsp3) is 1.00. The zero-order valence-electron chi connectivity index (χ0n) is 21.6. The lowest BCUT2D eigenvalue weighted by Crippen LogP contribution is -2.64. The van der Waals surface area contributed by atoms with Crippen molar-refractivity contribution in [2.75, 3.05) is 13.2 Å². The minimum atomic E-state index is -1.70. The Labute approximate surface area is 214 Å². The molecule has 0 aromatic heterocycles. The third-order valence-electron chi connectivity index (χ3n) is 7.05. The molecule has 0 amide bonds. The van der Waals surface area contributed by atoms with Crippen molar-refractivity contribution in [2.45, 2.75) is 146 Å². The summed E-state index contributed by atoms with van der Waals surface area (Å²) in [5.41, 5.74) is 0. The maximum absolute atomic E-state index is 10.8. The van der Waals surface area contributed by atoms with Crippen LogP contribution in [0.3, 0.4) is 0 Å². The van der Waals surface area contributed by atoms with Gasteiger partial charge >= 0.3 is 0 Å². The molecule has 0 aromatic carbocycles. The number of aliphatic hydroxyl groups is 7. The Morgan fingerprint density at radius 2 is 1.14 bits per heavy atom. The number of hydrogen-bond donors (Lipinski definition) is 7. The molecule has 0 aromatic rings. The van der Waals surface area contributed by atoms with Crippen LogP contribution >= 0.6 is 0 Å². The number of hydrogen-bond acceptors (Lipinski definition) is 11. The number of rotatable bonds is 16. The summed E-state index contributed by atoms with van der Waals surface area (Å²) in [6.07, 6.45) is -4.37. The molecule has 10 atom stereocenters. The molecule has 2 heterocycles. The van der Waals surface area contributed by atoms with Crippen LogP contribution in [0.15, 0.2) is 0 Å². The number of ether oxygens (including phenoxy) is 4. The molecule has 2 aliphatic heterocycles. The van der Waals surface area contributed by atoms with Gasteiger partial charge in [-0.2, -0.15) is 0 Å². The van der Waals surface area contributed by atoms with Crippen LogP contribution in [0.1, 0.15) is 78.1 Å². The average molecular weight is 525 g/mol. The van der Waals surface area contributed by atoms with Crippen LogP contribution in [0.5, 0.6) is 0 Å². The summed E-state index contributed by atoms with van der Waals surface area (Å²) >= 11 is 0. The second kappa shape index (κ2) is 16.5. The lowest BCUT2D eigenvalue weighted by molar-refractivity contribution is -0.363. The number of aliphatic hydroxyl groups excluding tert-OH is 7. The lowest BCUT2D eigenvalue weighted by atomic mass is 9.96. The van der Waals surface area contributed by atoms with E-state index in [9.17, 15) is 35.7 Å². The molecular formula is C25H48O11. The van der Waals surface area contributed by atoms with Gasteiger partial charge in [-0.05, 0) is 12.8 Å². The van der Waals surface area contributed by atoms with Crippen molar-refractivity contribution in [3.63, 3.8) is 0 Å². The van der Waals surface area contributed by atoms with E-state index in [1.54, 1.807) is 0 Å². The zero-order chi connectivity index (χ0) is 26.7. The van der Waals surface area contributed by atoms with Crippen LogP contribution < -0.4 is 0 Å². The fourth-order valence-corrected chi connectivity index (χ4v) is 4.74. The van der Waals surface area contributed by atoms with Crippen LogP contribution in [0.25, 0.3) is 0 Å². The van der Waals surface area contributed by atoms with Gasteiger partial charge in [0.05, 0.1) is 19.3 Å². The predicted molar refractivity (Wildman–Crippen MR) is 129 cm³/mol. The summed E-state index contributed by atoms with van der Waals surface area (Å²) in [7, 11) is 0. The summed E-state index contributed by atoms with van der Waals surface area (Å²) in [6.45, 7) is 3.06. The van der Waals surface area contributed by atoms with Gasteiger partial charge in [0, 0.05) is 0 Å². The van der Waals surface area contributed by atoms with E-state index in [1.807, 2.05) is 0 Å². The summed E-state index contributed by atoms with van der Waals surface area (Å²) in [4.78, 5) is 0. The summed E-state index contributed by atoms with van der Waals surface area (Å²) in [5, 5.41) is 71.1. The van der Waals surface area contributed by atoms with Crippen molar-refractivity contribution in [3.8, 4) is 0 Å². The second-order valence-corrected chi connectivity index (χ2v) is 9.96. The van der Waals surface area contributed by atoms with E-state index in [0.29, 0.717) is 0 Å². The van der Waals surface area contributed by atoms with Gasteiger partial charge in [0.2, 0.25) is 0 Å². The Kier molecular flexibility index (Phi) is 14.6. The molecule has 0 spiro atoms. The van der Waals surface area contributed by atoms with Crippen molar-refractivity contribution in [3.05, 3.63) is 0 Å². The molecule has 36 heavy (non-hydrogen) atoms. The largest absolute Gasteiger partial charge is 0.394 e. The summed E-state index contributed by atoms with van der Waals surface area (Å²) < 4.78 is 22.8. The Hall–Kier alpha value is -0.440. The maximum Gasteiger partial charge on any atom is 0.187 e. The van der Waals surface area contributed by atoms with Crippen molar-refractivity contribution < 1.29 is 54.7 Å². The zero-order valence-corrected chi connectivity index (χ0v) is 21.6. The highest BCUT2D eigenvalue weighted by Gasteiger charge is 2.51. The van der Waals surface area contributed by atoms with E-state index in [1.165, 1.54) is 0 Å². The minimum Gasteiger partial charge on any atom is -0.394 e. The van der Waals surface area contributed by atoms with Gasteiger partial charge in [-0.15, -0.1) is 0 Å². The molecule has 0 saturated carbocycles. The van der Waals surface area contributed by atoms with Gasteiger partial charge in [0.15, 0.2) is 12.6 Å². The SMILES string of the molecule is CCCCCCC(CCCCCC)O[C@@H]1O[C@H](CO)[C@@H](O[C@@H]2O[C@H](CO)[C@@H](O)[C@H](O)[C@H]2O)[C@H](O)[C@H]1O. The predicted octanol–water partition coefficient (Wildman–Crippen LogP) is -0.0635. The quantitative estimate of drug-likeness (QED) is 0.134. The first-order chi connectivity index (χ1) is 17.3. The molecule has 11 nitrogen and oxygen atoms in total. The molecule has 2 rings (SSSR count). The monoisotopic (exact) mass is 524 g/mol. The Bertz CT molecular complexity index is 566. The minimum absolute atomic E-state index is 0.173. The fourth-order valence-electron chi connectivity index (χ4n) is 4.74. The summed E-state index contributed by atoms with van der Waals surface area (Å²) in [5.74, 6) is 0. The molecule has 2 saturated heterocycles. The molecule has 11 heteroatoms. The first kappa shape index (κ1) is 31.8. The molecule has 0 aliphatic carbocycles. The molecule has 7 N–H and O–H groups in total. The standard InChI is InChI=1S/C25H48O11/c1-3-5-7-9-11-15(12-10-8-6-4-2)33-24-22(32)20(30)23(17(14-27)35-24)36-25-21(31)19(29)18(28)16(13-26)34-25/h15-32H,3-14H2,1-2H3/t16-,17-,18-,19+,20-,21-,22-,23-,24-,25+/m1/s1. The molecule has 0 radical (unpaired) electrons. The van der Waals surface area contributed by atoms with E-state index in [4.69, 9.17) is 18.9 Å². The van der Waals surface area contributed by atoms with E-state index in [-0.39, 0.29) is 6.10 Å². The smallest absolute Gasteiger partial charge is 0.187 e. The Morgan fingerprint density at radius 3 is 1.67 bits per heavy atom. The first-order valence-corrected chi connectivity index (χ1v) is 13.5. The van der Waals surface area contributed by atoms with E-state index in [0.717, 1.165) is 64.2 Å². The van der Waals surface area contributed by atoms with Crippen LogP contribution in [0.2, 0.25) is 0 Å². The van der Waals surface area contributed by atoms with Crippen LogP contribution in [0, 0.1) is 0 Å². The molecule has 0 unspecified atom stereocenters. The Morgan fingerprint density at radius 1 is 0.611 bits per heavy atom.